The van der Waals surface area contributed by atoms with E-state index in [0.717, 1.165) is 5.75 Å². The number of benzene rings is 1. The molecule has 0 spiro atoms. The lowest BCUT2D eigenvalue weighted by molar-refractivity contribution is 0.583. The first-order chi connectivity index (χ1) is 5.75. The van der Waals surface area contributed by atoms with Crippen LogP contribution >= 0.6 is 0 Å². The van der Waals surface area contributed by atoms with Crippen molar-refractivity contribution in [2.24, 2.45) is 0 Å². The third-order valence-corrected chi connectivity index (χ3v) is 2.18. The Morgan fingerprint density at radius 1 is 1.25 bits per heavy atom. The van der Waals surface area contributed by atoms with Crippen molar-refractivity contribution in [3.05, 3.63) is 29.8 Å². The highest BCUT2D eigenvalue weighted by Gasteiger charge is 2.04. The standard InChI is InChI=1S/C10H14OSi/c1-8(2)9-6-4-5-7-10(9)11-12-3/h4-8H,1-3H3. The summed E-state index contributed by atoms with van der Waals surface area (Å²) in [6.07, 6.45) is 0. The minimum absolute atomic E-state index is 0.524. The zero-order chi connectivity index (χ0) is 8.97. The summed E-state index contributed by atoms with van der Waals surface area (Å²) in [6, 6.07) is 8.23. The first-order valence-electron chi connectivity index (χ1n) is 4.18. The van der Waals surface area contributed by atoms with Crippen LogP contribution in [0.4, 0.5) is 0 Å². The lowest BCUT2D eigenvalue weighted by Gasteiger charge is -2.11. The molecule has 1 aromatic carbocycles. The number of rotatable bonds is 3. The van der Waals surface area contributed by atoms with Gasteiger partial charge in [-0.15, -0.1) is 0 Å². The van der Waals surface area contributed by atoms with Gasteiger partial charge >= 0.3 is 9.76 Å². The van der Waals surface area contributed by atoms with Gasteiger partial charge in [0.25, 0.3) is 0 Å². The molecule has 0 N–H and O–H groups in total. The molecule has 0 heterocycles. The Hall–Kier alpha value is -0.763. The van der Waals surface area contributed by atoms with Crippen molar-refractivity contribution in [1.82, 2.24) is 0 Å². The second-order valence-electron chi connectivity index (χ2n) is 3.00. The molecule has 0 bridgehead atoms. The topological polar surface area (TPSA) is 9.23 Å². The molecule has 0 aromatic heterocycles. The summed E-state index contributed by atoms with van der Waals surface area (Å²) >= 11 is 0. The molecular formula is C10H14OSi. The zero-order valence-corrected chi connectivity index (χ0v) is 8.79. The van der Waals surface area contributed by atoms with Crippen LogP contribution in [0.15, 0.2) is 24.3 Å². The van der Waals surface area contributed by atoms with Gasteiger partial charge in [-0.3, -0.25) is 0 Å². The van der Waals surface area contributed by atoms with Crippen molar-refractivity contribution in [2.75, 3.05) is 0 Å². The SMILES string of the molecule is C[Si]Oc1ccccc1C(C)C. The molecule has 0 atom stereocenters. The highest BCUT2D eigenvalue weighted by molar-refractivity contribution is 6.26. The van der Waals surface area contributed by atoms with Crippen molar-refractivity contribution in [3.8, 4) is 5.75 Å². The maximum absolute atomic E-state index is 5.53. The normalized spacial score (nSPS) is 10.3. The fraction of sp³-hybridized carbons (Fsp3) is 0.400. The van der Waals surface area contributed by atoms with Crippen LogP contribution in [0, 0.1) is 0 Å². The number of hydrogen-bond donors (Lipinski definition) is 0. The van der Waals surface area contributed by atoms with E-state index in [2.05, 4.69) is 26.0 Å². The van der Waals surface area contributed by atoms with Gasteiger partial charge in [-0.1, -0.05) is 32.0 Å². The van der Waals surface area contributed by atoms with E-state index in [9.17, 15) is 0 Å². The van der Waals surface area contributed by atoms with E-state index in [-0.39, 0.29) is 0 Å². The Morgan fingerprint density at radius 2 is 1.92 bits per heavy atom. The minimum atomic E-state index is 0.524. The molecule has 0 unspecified atom stereocenters. The van der Waals surface area contributed by atoms with Gasteiger partial charge in [0.1, 0.15) is 5.75 Å². The fourth-order valence-electron chi connectivity index (χ4n) is 1.16. The Labute approximate surface area is 76.7 Å². The van der Waals surface area contributed by atoms with E-state index < -0.39 is 0 Å². The van der Waals surface area contributed by atoms with Crippen molar-refractivity contribution in [2.45, 2.75) is 26.3 Å². The Kier molecular flexibility index (Phi) is 3.35. The lowest BCUT2D eigenvalue weighted by Crippen LogP contribution is -2.00. The summed E-state index contributed by atoms with van der Waals surface area (Å²) in [4.78, 5) is 0. The van der Waals surface area contributed by atoms with Gasteiger partial charge in [0.2, 0.25) is 0 Å². The molecule has 0 aliphatic carbocycles. The van der Waals surface area contributed by atoms with Crippen LogP contribution in [0.25, 0.3) is 0 Å². The van der Waals surface area contributed by atoms with E-state index in [0.29, 0.717) is 15.7 Å². The Bertz CT molecular complexity index is 245. The van der Waals surface area contributed by atoms with E-state index in [1.54, 1.807) is 0 Å². The third kappa shape index (κ3) is 2.11. The van der Waals surface area contributed by atoms with Crippen molar-refractivity contribution in [3.63, 3.8) is 0 Å². The number of hydrogen-bond acceptors (Lipinski definition) is 1. The van der Waals surface area contributed by atoms with Crippen molar-refractivity contribution in [1.29, 1.82) is 0 Å². The summed E-state index contributed by atoms with van der Waals surface area (Å²) in [5.41, 5.74) is 1.30. The molecule has 0 aliphatic rings. The third-order valence-electron chi connectivity index (χ3n) is 1.75. The van der Waals surface area contributed by atoms with Crippen LogP contribution in [0.3, 0.4) is 0 Å². The van der Waals surface area contributed by atoms with Crippen LogP contribution < -0.4 is 4.43 Å². The van der Waals surface area contributed by atoms with Gasteiger partial charge < -0.3 is 4.43 Å². The Balaban J connectivity index is 2.92. The monoisotopic (exact) mass is 178 g/mol. The van der Waals surface area contributed by atoms with E-state index in [4.69, 9.17) is 4.43 Å². The summed E-state index contributed by atoms with van der Waals surface area (Å²) in [5, 5.41) is 0. The molecule has 12 heavy (non-hydrogen) atoms. The molecule has 1 nitrogen and oxygen atoms in total. The maximum Gasteiger partial charge on any atom is 0.307 e. The highest BCUT2D eigenvalue weighted by atomic mass is 28.2. The van der Waals surface area contributed by atoms with Gasteiger partial charge in [-0.25, -0.2) is 0 Å². The van der Waals surface area contributed by atoms with Crippen LogP contribution in [0.2, 0.25) is 6.55 Å². The smallest absolute Gasteiger partial charge is 0.307 e. The van der Waals surface area contributed by atoms with Gasteiger partial charge in [-0.2, -0.15) is 0 Å². The van der Waals surface area contributed by atoms with Crippen LogP contribution in [-0.2, 0) is 0 Å². The van der Waals surface area contributed by atoms with E-state index >= 15 is 0 Å². The summed E-state index contributed by atoms with van der Waals surface area (Å²) < 4.78 is 5.53. The molecule has 1 rings (SSSR count). The molecule has 0 saturated carbocycles. The second-order valence-corrected chi connectivity index (χ2v) is 3.61. The average Bonchev–Trinajstić information content (AvgIpc) is 2.05. The largest absolute Gasteiger partial charge is 0.541 e. The van der Waals surface area contributed by atoms with Gasteiger partial charge in [0.15, 0.2) is 0 Å². The minimum Gasteiger partial charge on any atom is -0.541 e. The molecule has 64 valence electrons. The maximum atomic E-state index is 5.53. The average molecular weight is 178 g/mol. The highest BCUT2D eigenvalue weighted by Crippen LogP contribution is 2.25. The first-order valence-corrected chi connectivity index (χ1v) is 5.59. The lowest BCUT2D eigenvalue weighted by atomic mass is 10.0. The fourth-order valence-corrected chi connectivity index (χ4v) is 1.57. The summed E-state index contributed by atoms with van der Waals surface area (Å²) in [7, 11) is 0.524. The van der Waals surface area contributed by atoms with Crippen LogP contribution in [0.1, 0.15) is 25.3 Å². The van der Waals surface area contributed by atoms with Crippen LogP contribution in [-0.4, -0.2) is 9.76 Å². The molecular weight excluding hydrogens is 164 g/mol. The first kappa shape index (κ1) is 9.33. The Morgan fingerprint density at radius 3 is 2.50 bits per heavy atom. The van der Waals surface area contributed by atoms with E-state index in [1.165, 1.54) is 5.56 Å². The van der Waals surface area contributed by atoms with Crippen LogP contribution in [0.5, 0.6) is 5.75 Å². The van der Waals surface area contributed by atoms with E-state index in [1.807, 2.05) is 18.7 Å². The predicted molar refractivity (Wildman–Crippen MR) is 52.8 cm³/mol. The molecule has 0 saturated heterocycles. The summed E-state index contributed by atoms with van der Waals surface area (Å²) in [6.45, 7) is 6.40. The van der Waals surface area contributed by atoms with Gasteiger partial charge in [0.05, 0.1) is 0 Å². The molecule has 2 radical (unpaired) electrons. The van der Waals surface area contributed by atoms with Crippen molar-refractivity contribution < 1.29 is 4.43 Å². The van der Waals surface area contributed by atoms with Crippen molar-refractivity contribution >= 4 is 9.76 Å². The molecule has 0 amide bonds. The zero-order valence-electron chi connectivity index (χ0n) is 7.79. The second kappa shape index (κ2) is 4.31. The predicted octanol–water partition coefficient (Wildman–Crippen LogP) is 2.86. The quantitative estimate of drug-likeness (QED) is 0.647. The molecule has 0 fully saturated rings. The molecule has 2 heteroatoms. The van der Waals surface area contributed by atoms with Gasteiger partial charge in [-0.05, 0) is 24.1 Å². The molecule has 1 aromatic rings. The summed E-state index contributed by atoms with van der Waals surface area (Å²) in [5.74, 6) is 1.57. The molecule has 0 aliphatic heterocycles. The van der Waals surface area contributed by atoms with Gasteiger partial charge in [0, 0.05) is 0 Å². The number of para-hydroxylation sites is 1.